The molecule has 92 valence electrons. The van der Waals surface area contributed by atoms with Crippen molar-refractivity contribution in [2.45, 2.75) is 58.4 Å². The molecule has 0 bridgehead atoms. The van der Waals surface area contributed by atoms with Crippen LogP contribution in [0.3, 0.4) is 0 Å². The van der Waals surface area contributed by atoms with Crippen LogP contribution >= 0.6 is 0 Å². The third-order valence-electron chi connectivity index (χ3n) is 6.01. The van der Waals surface area contributed by atoms with Crippen LogP contribution in [0.25, 0.3) is 0 Å². The molecular weight excluding hydrogens is 194 g/mol. The van der Waals surface area contributed by atoms with E-state index in [9.17, 15) is 0 Å². The Hall–Kier alpha value is -0.0400. The molecule has 1 heteroatoms. The van der Waals surface area contributed by atoms with Gasteiger partial charge in [-0.05, 0) is 67.6 Å². The normalized spacial score (nSPS) is 53.4. The number of nitrogens with two attached hydrogens (primary N) is 1. The summed E-state index contributed by atoms with van der Waals surface area (Å²) in [7, 11) is 0. The predicted molar refractivity (Wildman–Crippen MR) is 68.0 cm³/mol. The van der Waals surface area contributed by atoms with Crippen LogP contribution in [-0.4, -0.2) is 6.04 Å². The molecule has 0 heterocycles. The Morgan fingerprint density at radius 3 is 2.12 bits per heavy atom. The number of hydrogen-bond donors (Lipinski definition) is 1. The van der Waals surface area contributed by atoms with Crippen LogP contribution in [0.1, 0.15) is 52.4 Å². The van der Waals surface area contributed by atoms with E-state index in [1.165, 1.54) is 38.5 Å². The molecule has 6 atom stereocenters. The topological polar surface area (TPSA) is 26.0 Å². The molecule has 16 heavy (non-hydrogen) atoms. The molecule has 0 aromatic rings. The Balaban J connectivity index is 1.56. The van der Waals surface area contributed by atoms with Gasteiger partial charge in [-0.15, -0.1) is 0 Å². The van der Waals surface area contributed by atoms with E-state index in [4.69, 9.17) is 5.73 Å². The van der Waals surface area contributed by atoms with Crippen LogP contribution < -0.4 is 5.73 Å². The lowest BCUT2D eigenvalue weighted by Gasteiger charge is -2.37. The van der Waals surface area contributed by atoms with Crippen LogP contribution in [-0.2, 0) is 0 Å². The van der Waals surface area contributed by atoms with Crippen LogP contribution in [0.2, 0.25) is 0 Å². The molecular formula is C15H27N. The molecule has 0 saturated heterocycles. The van der Waals surface area contributed by atoms with Crippen molar-refractivity contribution in [3.8, 4) is 0 Å². The summed E-state index contributed by atoms with van der Waals surface area (Å²) in [6.07, 6.45) is 8.67. The van der Waals surface area contributed by atoms with Crippen molar-refractivity contribution >= 4 is 0 Å². The molecule has 3 rings (SSSR count). The molecule has 6 unspecified atom stereocenters. The molecule has 0 aromatic heterocycles. The van der Waals surface area contributed by atoms with E-state index in [-0.39, 0.29) is 0 Å². The van der Waals surface area contributed by atoms with Crippen molar-refractivity contribution < 1.29 is 0 Å². The van der Waals surface area contributed by atoms with Crippen molar-refractivity contribution in [3.05, 3.63) is 0 Å². The second kappa shape index (κ2) is 4.01. The maximum absolute atomic E-state index is 6.54. The Labute approximate surface area is 100 Å². The quantitative estimate of drug-likeness (QED) is 0.759. The number of fused-ring (bicyclic) bond motifs is 1. The smallest absolute Gasteiger partial charge is 0.00959 e. The molecule has 3 aliphatic carbocycles. The summed E-state index contributed by atoms with van der Waals surface area (Å²) < 4.78 is 0. The van der Waals surface area contributed by atoms with Crippen molar-refractivity contribution in [3.63, 3.8) is 0 Å². The molecule has 0 aromatic carbocycles. The highest BCUT2D eigenvalue weighted by molar-refractivity contribution is 5.00. The van der Waals surface area contributed by atoms with Crippen molar-refractivity contribution in [2.75, 3.05) is 0 Å². The van der Waals surface area contributed by atoms with Crippen molar-refractivity contribution in [2.24, 2.45) is 41.2 Å². The highest BCUT2D eigenvalue weighted by Gasteiger charge is 2.48. The number of hydrogen-bond acceptors (Lipinski definition) is 1. The van der Waals surface area contributed by atoms with Crippen LogP contribution in [0.15, 0.2) is 0 Å². The fraction of sp³-hybridized carbons (Fsp3) is 1.00. The molecule has 0 amide bonds. The molecule has 3 aliphatic rings. The first-order valence-electron chi connectivity index (χ1n) is 7.40. The maximum atomic E-state index is 6.54. The average Bonchev–Trinajstić information content (AvgIpc) is 2.89. The second-order valence-electron chi connectivity index (χ2n) is 7.09. The fourth-order valence-electron chi connectivity index (χ4n) is 4.40. The lowest BCUT2D eigenvalue weighted by molar-refractivity contribution is 0.157. The average molecular weight is 221 g/mol. The zero-order valence-corrected chi connectivity index (χ0v) is 10.9. The fourth-order valence-corrected chi connectivity index (χ4v) is 4.40. The van der Waals surface area contributed by atoms with Crippen molar-refractivity contribution in [1.29, 1.82) is 0 Å². The monoisotopic (exact) mass is 221 g/mol. The summed E-state index contributed by atoms with van der Waals surface area (Å²) in [5.74, 6) is 5.75. The van der Waals surface area contributed by atoms with E-state index < -0.39 is 0 Å². The number of rotatable bonds is 2. The van der Waals surface area contributed by atoms with Gasteiger partial charge in [0.25, 0.3) is 0 Å². The van der Waals surface area contributed by atoms with Gasteiger partial charge in [0.05, 0.1) is 0 Å². The second-order valence-corrected chi connectivity index (χ2v) is 7.09. The minimum absolute atomic E-state index is 0.530. The van der Waals surface area contributed by atoms with Gasteiger partial charge in [0.15, 0.2) is 0 Å². The van der Waals surface area contributed by atoms with Gasteiger partial charge in [0.1, 0.15) is 0 Å². The van der Waals surface area contributed by atoms with Crippen LogP contribution in [0.5, 0.6) is 0 Å². The largest absolute Gasteiger partial charge is 0.327 e. The van der Waals surface area contributed by atoms with E-state index in [2.05, 4.69) is 13.8 Å². The first-order valence-corrected chi connectivity index (χ1v) is 7.40. The van der Waals surface area contributed by atoms with Gasteiger partial charge in [0.2, 0.25) is 0 Å². The standard InChI is InChI=1S/C15H27N/c1-9-3-4-11(5-10(9)2)15(16)14-7-12-6-13(12)8-14/h9-15H,3-8,16H2,1-2H3. The highest BCUT2D eigenvalue weighted by atomic mass is 14.7. The zero-order valence-electron chi connectivity index (χ0n) is 10.9. The molecule has 3 saturated carbocycles. The molecule has 0 aliphatic heterocycles. The predicted octanol–water partition coefficient (Wildman–Crippen LogP) is 3.43. The van der Waals surface area contributed by atoms with E-state index in [0.717, 1.165) is 35.5 Å². The Morgan fingerprint density at radius 2 is 1.50 bits per heavy atom. The van der Waals surface area contributed by atoms with Gasteiger partial charge < -0.3 is 5.73 Å². The molecule has 0 spiro atoms. The Morgan fingerprint density at radius 1 is 0.812 bits per heavy atom. The Kier molecular flexibility index (Phi) is 2.78. The van der Waals surface area contributed by atoms with Crippen LogP contribution in [0.4, 0.5) is 0 Å². The summed E-state index contributed by atoms with van der Waals surface area (Å²) in [6.45, 7) is 4.84. The minimum atomic E-state index is 0.530. The SMILES string of the molecule is CC1CCC(C(N)C2CC3CC3C2)CC1C. The summed E-state index contributed by atoms with van der Waals surface area (Å²) in [5.41, 5.74) is 6.54. The molecule has 1 nitrogen and oxygen atoms in total. The van der Waals surface area contributed by atoms with Crippen molar-refractivity contribution in [1.82, 2.24) is 0 Å². The first-order chi connectivity index (χ1) is 7.65. The summed E-state index contributed by atoms with van der Waals surface area (Å²) >= 11 is 0. The molecule has 2 N–H and O–H groups in total. The van der Waals surface area contributed by atoms with Gasteiger partial charge in [-0.3, -0.25) is 0 Å². The minimum Gasteiger partial charge on any atom is -0.327 e. The van der Waals surface area contributed by atoms with Crippen LogP contribution in [0, 0.1) is 35.5 Å². The zero-order chi connectivity index (χ0) is 11.3. The molecule has 0 radical (unpaired) electrons. The van der Waals surface area contributed by atoms with E-state index >= 15 is 0 Å². The summed E-state index contributed by atoms with van der Waals surface area (Å²) in [4.78, 5) is 0. The summed E-state index contributed by atoms with van der Waals surface area (Å²) in [6, 6.07) is 0.530. The Bertz CT molecular complexity index is 252. The third-order valence-corrected chi connectivity index (χ3v) is 6.01. The van der Waals surface area contributed by atoms with Gasteiger partial charge in [-0.25, -0.2) is 0 Å². The summed E-state index contributed by atoms with van der Waals surface area (Å²) in [5, 5.41) is 0. The highest BCUT2D eigenvalue weighted by Crippen LogP contribution is 2.56. The van der Waals surface area contributed by atoms with Gasteiger partial charge in [-0.1, -0.05) is 20.3 Å². The lowest BCUT2D eigenvalue weighted by Crippen LogP contribution is -2.40. The van der Waals surface area contributed by atoms with E-state index in [1.54, 1.807) is 0 Å². The first kappa shape index (κ1) is 11.1. The third kappa shape index (κ3) is 1.92. The lowest BCUT2D eigenvalue weighted by atomic mass is 9.70. The van der Waals surface area contributed by atoms with Gasteiger partial charge in [0, 0.05) is 6.04 Å². The van der Waals surface area contributed by atoms with E-state index in [1.807, 2.05) is 0 Å². The van der Waals surface area contributed by atoms with Gasteiger partial charge >= 0.3 is 0 Å². The maximum Gasteiger partial charge on any atom is 0.00959 e. The molecule has 3 fully saturated rings. The van der Waals surface area contributed by atoms with Gasteiger partial charge in [-0.2, -0.15) is 0 Å². The van der Waals surface area contributed by atoms with E-state index in [0.29, 0.717) is 6.04 Å².